The summed E-state index contributed by atoms with van der Waals surface area (Å²) in [4.78, 5) is 13.2. The fourth-order valence-electron chi connectivity index (χ4n) is 1.97. The van der Waals surface area contributed by atoms with E-state index in [0.717, 1.165) is 19.6 Å². The van der Waals surface area contributed by atoms with Crippen molar-refractivity contribution in [2.75, 3.05) is 19.7 Å². The van der Waals surface area contributed by atoms with Gasteiger partial charge in [-0.15, -0.1) is 0 Å². The molecule has 0 fully saturated rings. The molecule has 1 N–H and O–H groups in total. The summed E-state index contributed by atoms with van der Waals surface area (Å²) in [7, 11) is 0. The molecule has 0 saturated heterocycles. The number of ether oxygens (including phenoxy) is 1. The molecule has 0 heterocycles. The van der Waals surface area contributed by atoms with Gasteiger partial charge < -0.3 is 9.84 Å². The highest BCUT2D eigenvalue weighted by molar-refractivity contribution is 5.72. The molecule has 1 aromatic rings. The molecule has 0 saturated carbocycles. The molecule has 0 aliphatic carbocycles. The van der Waals surface area contributed by atoms with Crippen molar-refractivity contribution in [3.05, 3.63) is 35.9 Å². The van der Waals surface area contributed by atoms with Crippen molar-refractivity contribution < 1.29 is 14.6 Å². The number of hydrogen-bond donors (Lipinski definition) is 1. The molecule has 1 rings (SSSR count). The van der Waals surface area contributed by atoms with Crippen molar-refractivity contribution in [3.8, 4) is 0 Å². The highest BCUT2D eigenvalue weighted by Crippen LogP contribution is 2.07. The first-order chi connectivity index (χ1) is 9.17. The molecule has 19 heavy (non-hydrogen) atoms. The topological polar surface area (TPSA) is 49.8 Å². The molecule has 0 spiro atoms. The zero-order valence-electron chi connectivity index (χ0n) is 11.7. The van der Waals surface area contributed by atoms with E-state index in [4.69, 9.17) is 9.84 Å². The van der Waals surface area contributed by atoms with Crippen molar-refractivity contribution in [2.24, 2.45) is 0 Å². The van der Waals surface area contributed by atoms with Crippen LogP contribution in [0.2, 0.25) is 0 Å². The number of benzene rings is 1. The molecule has 1 unspecified atom stereocenters. The van der Waals surface area contributed by atoms with Crippen LogP contribution in [0.1, 0.15) is 25.8 Å². The van der Waals surface area contributed by atoms with Gasteiger partial charge in [-0.05, 0) is 25.5 Å². The van der Waals surface area contributed by atoms with Gasteiger partial charge in [-0.25, -0.2) is 4.79 Å². The Hall–Kier alpha value is -1.39. The Bertz CT molecular complexity index is 367. The summed E-state index contributed by atoms with van der Waals surface area (Å²) < 4.78 is 5.22. The second-order valence-electron chi connectivity index (χ2n) is 4.43. The molecule has 4 nitrogen and oxygen atoms in total. The van der Waals surface area contributed by atoms with Gasteiger partial charge in [0, 0.05) is 19.7 Å². The number of nitrogens with zero attached hydrogens (tertiary/aromatic N) is 1. The van der Waals surface area contributed by atoms with E-state index >= 15 is 0 Å². The minimum absolute atomic E-state index is 0.432. The van der Waals surface area contributed by atoms with Crippen molar-refractivity contribution in [1.29, 1.82) is 0 Å². The zero-order valence-corrected chi connectivity index (χ0v) is 11.7. The standard InChI is InChI=1S/C15H23NO3/c1-3-16(12-13-8-6-5-7-9-13)11-10-14(15(17)18)19-4-2/h5-9,14H,3-4,10-12H2,1-2H3,(H,17,18). The van der Waals surface area contributed by atoms with E-state index in [9.17, 15) is 4.79 Å². The van der Waals surface area contributed by atoms with Gasteiger partial charge in [-0.2, -0.15) is 0 Å². The maximum Gasteiger partial charge on any atom is 0.332 e. The van der Waals surface area contributed by atoms with E-state index in [1.54, 1.807) is 0 Å². The summed E-state index contributed by atoms with van der Waals surface area (Å²) in [6.45, 7) is 6.80. The molecule has 0 radical (unpaired) electrons. The number of carboxylic acid groups (broad SMARTS) is 1. The second kappa shape index (κ2) is 8.67. The van der Waals surface area contributed by atoms with E-state index in [-0.39, 0.29) is 0 Å². The van der Waals surface area contributed by atoms with E-state index in [1.165, 1.54) is 5.56 Å². The summed E-state index contributed by atoms with van der Waals surface area (Å²) >= 11 is 0. The van der Waals surface area contributed by atoms with Crippen LogP contribution in [0.5, 0.6) is 0 Å². The van der Waals surface area contributed by atoms with Gasteiger partial charge in [-0.1, -0.05) is 37.3 Å². The van der Waals surface area contributed by atoms with Crippen LogP contribution in [0, 0.1) is 0 Å². The molecule has 1 aromatic carbocycles. The lowest BCUT2D eigenvalue weighted by Crippen LogP contribution is -2.31. The Balaban J connectivity index is 2.45. The molecule has 106 valence electrons. The van der Waals surface area contributed by atoms with Gasteiger partial charge in [0.05, 0.1) is 0 Å². The summed E-state index contributed by atoms with van der Waals surface area (Å²) in [5.41, 5.74) is 1.24. The predicted molar refractivity (Wildman–Crippen MR) is 75.1 cm³/mol. The molecule has 4 heteroatoms. The lowest BCUT2D eigenvalue weighted by atomic mass is 10.2. The van der Waals surface area contributed by atoms with Gasteiger partial charge in [0.25, 0.3) is 0 Å². The third-order valence-corrected chi connectivity index (χ3v) is 3.05. The number of carboxylic acids is 1. The molecule has 0 aromatic heterocycles. The van der Waals surface area contributed by atoms with E-state index < -0.39 is 12.1 Å². The Kier molecular flexibility index (Phi) is 7.15. The monoisotopic (exact) mass is 265 g/mol. The van der Waals surface area contributed by atoms with Crippen molar-refractivity contribution in [3.63, 3.8) is 0 Å². The zero-order chi connectivity index (χ0) is 14.1. The predicted octanol–water partition coefficient (Wildman–Crippen LogP) is 2.39. The normalized spacial score (nSPS) is 12.6. The van der Waals surface area contributed by atoms with Gasteiger partial charge >= 0.3 is 5.97 Å². The third kappa shape index (κ3) is 5.85. The van der Waals surface area contributed by atoms with E-state index in [0.29, 0.717) is 13.0 Å². The lowest BCUT2D eigenvalue weighted by molar-refractivity contribution is -0.150. The average molecular weight is 265 g/mol. The highest BCUT2D eigenvalue weighted by Gasteiger charge is 2.18. The minimum atomic E-state index is -0.877. The summed E-state index contributed by atoms with van der Waals surface area (Å²) in [6, 6.07) is 10.2. The van der Waals surface area contributed by atoms with E-state index in [2.05, 4.69) is 24.0 Å². The van der Waals surface area contributed by atoms with Crippen LogP contribution in [0.4, 0.5) is 0 Å². The maximum absolute atomic E-state index is 11.0. The van der Waals surface area contributed by atoms with Gasteiger partial charge in [0.15, 0.2) is 6.10 Å². The largest absolute Gasteiger partial charge is 0.479 e. The van der Waals surface area contributed by atoms with Crippen LogP contribution >= 0.6 is 0 Å². The van der Waals surface area contributed by atoms with Gasteiger partial charge in [0.1, 0.15) is 0 Å². The van der Waals surface area contributed by atoms with Crippen molar-refractivity contribution in [2.45, 2.75) is 32.9 Å². The van der Waals surface area contributed by atoms with Crippen LogP contribution < -0.4 is 0 Å². The Labute approximate surface area is 115 Å². The van der Waals surface area contributed by atoms with Crippen LogP contribution in [0.15, 0.2) is 30.3 Å². The van der Waals surface area contributed by atoms with Gasteiger partial charge in [-0.3, -0.25) is 4.90 Å². The number of hydrogen-bond acceptors (Lipinski definition) is 3. The van der Waals surface area contributed by atoms with Gasteiger partial charge in [0.2, 0.25) is 0 Å². The SMILES string of the molecule is CCOC(CCN(CC)Cc1ccccc1)C(=O)O. The molecule has 0 aliphatic heterocycles. The van der Waals surface area contributed by atoms with Crippen LogP contribution in [0.3, 0.4) is 0 Å². The van der Waals surface area contributed by atoms with Crippen molar-refractivity contribution >= 4 is 5.97 Å². The Morgan fingerprint density at radius 2 is 2.00 bits per heavy atom. The Morgan fingerprint density at radius 1 is 1.32 bits per heavy atom. The number of carbonyl (C=O) groups is 1. The molecular formula is C15H23NO3. The third-order valence-electron chi connectivity index (χ3n) is 3.05. The average Bonchev–Trinajstić information content (AvgIpc) is 2.42. The second-order valence-corrected chi connectivity index (χ2v) is 4.43. The molecule has 0 bridgehead atoms. The quantitative estimate of drug-likeness (QED) is 0.745. The fraction of sp³-hybridized carbons (Fsp3) is 0.533. The smallest absolute Gasteiger partial charge is 0.332 e. The van der Waals surface area contributed by atoms with E-state index in [1.807, 2.05) is 25.1 Å². The summed E-state index contributed by atoms with van der Waals surface area (Å²) in [6.07, 6.45) is -0.182. The summed E-state index contributed by atoms with van der Waals surface area (Å²) in [5, 5.41) is 9.04. The fourth-order valence-corrected chi connectivity index (χ4v) is 1.97. The molecular weight excluding hydrogens is 242 g/mol. The molecule has 0 amide bonds. The Morgan fingerprint density at radius 3 is 2.53 bits per heavy atom. The number of aliphatic carboxylic acids is 1. The van der Waals surface area contributed by atoms with Crippen LogP contribution in [-0.4, -0.2) is 41.8 Å². The van der Waals surface area contributed by atoms with Crippen LogP contribution in [-0.2, 0) is 16.1 Å². The summed E-state index contributed by atoms with van der Waals surface area (Å²) in [5.74, 6) is -0.877. The minimum Gasteiger partial charge on any atom is -0.479 e. The first-order valence-corrected chi connectivity index (χ1v) is 6.78. The first kappa shape index (κ1) is 15.7. The van der Waals surface area contributed by atoms with Crippen molar-refractivity contribution in [1.82, 2.24) is 4.90 Å². The molecule has 0 aliphatic rings. The lowest BCUT2D eigenvalue weighted by Gasteiger charge is -2.22. The number of rotatable bonds is 9. The van der Waals surface area contributed by atoms with Crippen LogP contribution in [0.25, 0.3) is 0 Å². The maximum atomic E-state index is 11.0. The first-order valence-electron chi connectivity index (χ1n) is 6.78. The molecule has 1 atom stereocenters. The highest BCUT2D eigenvalue weighted by atomic mass is 16.5.